The summed E-state index contributed by atoms with van der Waals surface area (Å²) in [5.41, 5.74) is 5.31. The summed E-state index contributed by atoms with van der Waals surface area (Å²) in [4.78, 5) is 0. The van der Waals surface area contributed by atoms with Crippen molar-refractivity contribution in [2.45, 2.75) is 59.3 Å². The zero-order valence-electron chi connectivity index (χ0n) is 9.94. The van der Waals surface area contributed by atoms with Gasteiger partial charge in [0.05, 0.1) is 0 Å². The number of benzene rings is 1. The minimum atomic E-state index is 0. The third-order valence-corrected chi connectivity index (χ3v) is 3.56. The van der Waals surface area contributed by atoms with E-state index in [1.807, 2.05) is 0 Å². The molecule has 0 saturated carbocycles. The van der Waals surface area contributed by atoms with Gasteiger partial charge in [0.25, 0.3) is 0 Å². The minimum Gasteiger partial charge on any atom is -0.0776 e. The fraction of sp³-hybridized carbons (Fsp3) is 0.600. The van der Waals surface area contributed by atoms with E-state index < -0.39 is 0 Å². The van der Waals surface area contributed by atoms with Gasteiger partial charge < -0.3 is 0 Å². The van der Waals surface area contributed by atoms with Gasteiger partial charge in [-0.2, -0.15) is 0 Å². The Bertz CT molecular complexity index is 370. The third kappa shape index (κ3) is 1.71. The topological polar surface area (TPSA) is 0 Å². The van der Waals surface area contributed by atoms with Crippen LogP contribution in [-0.4, -0.2) is 0 Å². The van der Waals surface area contributed by atoms with E-state index >= 15 is 0 Å². The Morgan fingerprint density at radius 2 is 1.60 bits per heavy atom. The Morgan fingerprint density at radius 1 is 1.00 bits per heavy atom. The van der Waals surface area contributed by atoms with E-state index in [-0.39, 0.29) is 7.43 Å². The van der Waals surface area contributed by atoms with Gasteiger partial charge in [0.1, 0.15) is 0 Å². The van der Waals surface area contributed by atoms with E-state index in [4.69, 9.17) is 0 Å². The Kier molecular flexibility index (Phi) is 2.76. The van der Waals surface area contributed by atoms with Crippen LogP contribution < -0.4 is 0 Å². The minimum absolute atomic E-state index is 0. The Balaban J connectivity index is 0.00000112. The average molecular weight is 204 g/mol. The quantitative estimate of drug-likeness (QED) is 0.580. The molecule has 0 spiro atoms. The van der Waals surface area contributed by atoms with Crippen molar-refractivity contribution in [3.63, 3.8) is 0 Å². The van der Waals surface area contributed by atoms with E-state index in [0.717, 1.165) is 0 Å². The molecule has 1 aromatic carbocycles. The van der Waals surface area contributed by atoms with Crippen molar-refractivity contribution in [3.05, 3.63) is 34.9 Å². The fourth-order valence-electron chi connectivity index (χ4n) is 3.42. The second-order valence-electron chi connectivity index (χ2n) is 5.94. The van der Waals surface area contributed by atoms with Gasteiger partial charge in [0.15, 0.2) is 0 Å². The fourth-order valence-corrected chi connectivity index (χ4v) is 3.42. The predicted molar refractivity (Wildman–Crippen MR) is 68.6 cm³/mol. The maximum Gasteiger partial charge on any atom is -0.00897 e. The van der Waals surface area contributed by atoms with Crippen molar-refractivity contribution in [1.29, 1.82) is 0 Å². The molecule has 0 aromatic heterocycles. The number of aryl methyl sites for hydroxylation is 1. The van der Waals surface area contributed by atoms with Crippen LogP contribution in [0.3, 0.4) is 0 Å². The molecule has 84 valence electrons. The van der Waals surface area contributed by atoms with E-state index in [1.165, 1.54) is 12.0 Å². The van der Waals surface area contributed by atoms with Gasteiger partial charge in [0.2, 0.25) is 0 Å². The van der Waals surface area contributed by atoms with Crippen molar-refractivity contribution in [1.82, 2.24) is 0 Å². The van der Waals surface area contributed by atoms with Crippen molar-refractivity contribution in [2.24, 2.45) is 0 Å². The van der Waals surface area contributed by atoms with Crippen LogP contribution in [0.4, 0.5) is 0 Å². The molecule has 0 bridgehead atoms. The highest BCUT2D eigenvalue weighted by atomic mass is 14.5. The molecule has 1 aliphatic carbocycles. The zero-order valence-corrected chi connectivity index (χ0v) is 9.94. The molecule has 15 heavy (non-hydrogen) atoms. The molecule has 1 aromatic rings. The van der Waals surface area contributed by atoms with Crippen molar-refractivity contribution < 1.29 is 0 Å². The van der Waals surface area contributed by atoms with Gasteiger partial charge in [-0.3, -0.25) is 0 Å². The maximum atomic E-state index is 2.37. The van der Waals surface area contributed by atoms with Gasteiger partial charge >= 0.3 is 0 Å². The summed E-state index contributed by atoms with van der Waals surface area (Å²) < 4.78 is 0. The molecular formula is C15H24. The summed E-state index contributed by atoms with van der Waals surface area (Å²) in [6.07, 6.45) is 1.26. The summed E-state index contributed by atoms with van der Waals surface area (Å²) in [6.45, 7) is 11.7. The number of hydrogen-bond donors (Lipinski definition) is 0. The first kappa shape index (κ1) is 12.3. The Labute approximate surface area is 94.7 Å². The molecule has 0 saturated heterocycles. The normalized spacial score (nSPS) is 20.6. The molecule has 0 N–H and O–H groups in total. The molecule has 0 atom stereocenters. The van der Waals surface area contributed by atoms with Crippen molar-refractivity contribution >= 4 is 0 Å². The van der Waals surface area contributed by atoms with Crippen LogP contribution in [0, 0.1) is 6.92 Å². The van der Waals surface area contributed by atoms with E-state index in [9.17, 15) is 0 Å². The number of rotatable bonds is 0. The second-order valence-corrected chi connectivity index (χ2v) is 5.94. The largest absolute Gasteiger partial charge is 0.0776 e. The van der Waals surface area contributed by atoms with Crippen molar-refractivity contribution in [3.8, 4) is 0 Å². The lowest BCUT2D eigenvalue weighted by Gasteiger charge is -2.23. The van der Waals surface area contributed by atoms with E-state index in [1.54, 1.807) is 11.1 Å². The van der Waals surface area contributed by atoms with E-state index in [0.29, 0.717) is 10.8 Å². The molecule has 0 radical (unpaired) electrons. The first-order valence-electron chi connectivity index (χ1n) is 5.45. The van der Waals surface area contributed by atoms with Gasteiger partial charge in [-0.05, 0) is 40.9 Å². The molecule has 2 rings (SSSR count). The lowest BCUT2D eigenvalue weighted by atomic mass is 9.81. The van der Waals surface area contributed by atoms with Crippen LogP contribution in [0.1, 0.15) is 58.2 Å². The summed E-state index contributed by atoms with van der Waals surface area (Å²) in [5, 5.41) is 0. The lowest BCUT2D eigenvalue weighted by Crippen LogP contribution is -2.18. The summed E-state index contributed by atoms with van der Waals surface area (Å²) in [6, 6.07) is 6.73. The molecular weight excluding hydrogens is 180 g/mol. The highest BCUT2D eigenvalue weighted by Gasteiger charge is 2.42. The molecule has 0 heterocycles. The van der Waals surface area contributed by atoms with Crippen LogP contribution in [0.5, 0.6) is 0 Å². The van der Waals surface area contributed by atoms with Crippen LogP contribution in [0.25, 0.3) is 0 Å². The first-order valence-corrected chi connectivity index (χ1v) is 5.45. The highest BCUT2D eigenvalue weighted by Crippen LogP contribution is 2.50. The van der Waals surface area contributed by atoms with Gasteiger partial charge in [0, 0.05) is 0 Å². The number of hydrogen-bond acceptors (Lipinski definition) is 0. The Hall–Kier alpha value is -0.780. The molecule has 0 amide bonds. The van der Waals surface area contributed by atoms with Crippen LogP contribution >= 0.6 is 0 Å². The molecule has 0 nitrogen and oxygen atoms in total. The molecule has 0 heteroatoms. The molecule has 0 fully saturated rings. The third-order valence-electron chi connectivity index (χ3n) is 3.56. The van der Waals surface area contributed by atoms with E-state index in [2.05, 4.69) is 52.8 Å². The molecule has 0 aliphatic heterocycles. The molecule has 1 aliphatic rings. The lowest BCUT2D eigenvalue weighted by molar-refractivity contribution is 0.402. The average Bonchev–Trinajstić information content (AvgIpc) is 2.18. The van der Waals surface area contributed by atoms with Crippen LogP contribution in [0.15, 0.2) is 18.2 Å². The van der Waals surface area contributed by atoms with Crippen LogP contribution in [0.2, 0.25) is 0 Å². The highest BCUT2D eigenvalue weighted by molar-refractivity contribution is 5.48. The predicted octanol–water partition coefficient (Wildman–Crippen LogP) is 4.59. The van der Waals surface area contributed by atoms with Crippen LogP contribution in [-0.2, 0) is 10.8 Å². The summed E-state index contributed by atoms with van der Waals surface area (Å²) in [7, 11) is 0. The van der Waals surface area contributed by atoms with Gasteiger partial charge in [-0.1, -0.05) is 53.3 Å². The first-order chi connectivity index (χ1) is 6.34. The zero-order chi connectivity index (χ0) is 10.6. The van der Waals surface area contributed by atoms with Gasteiger partial charge in [-0.15, -0.1) is 0 Å². The SMILES string of the molecule is C.Cc1cccc2c1C(C)(C)CC2(C)C. The summed E-state index contributed by atoms with van der Waals surface area (Å²) in [5.74, 6) is 0. The smallest absolute Gasteiger partial charge is 0.00897 e. The monoisotopic (exact) mass is 204 g/mol. The maximum absolute atomic E-state index is 2.37. The second kappa shape index (κ2) is 3.37. The standard InChI is InChI=1S/C14H20.CH4/c1-10-7-6-8-11-12(10)14(4,5)9-13(11,2)3;/h6-8H,9H2,1-5H3;1H4. The Morgan fingerprint density at radius 3 is 2.13 bits per heavy atom. The summed E-state index contributed by atoms with van der Waals surface area (Å²) >= 11 is 0. The van der Waals surface area contributed by atoms with Gasteiger partial charge in [-0.25, -0.2) is 0 Å². The van der Waals surface area contributed by atoms with Crippen molar-refractivity contribution in [2.75, 3.05) is 0 Å². The molecule has 0 unspecified atom stereocenters. The number of fused-ring (bicyclic) bond motifs is 1.